The first-order valence-electron chi connectivity index (χ1n) is 9.74. The molecule has 2 rings (SSSR count). The van der Waals surface area contributed by atoms with Gasteiger partial charge in [-0.2, -0.15) is 0 Å². The van der Waals surface area contributed by atoms with Gasteiger partial charge in [0, 0.05) is 12.1 Å². The fraction of sp³-hybridized carbons (Fsp3) is 0.714. The van der Waals surface area contributed by atoms with Crippen molar-refractivity contribution in [3.63, 3.8) is 0 Å². The lowest BCUT2D eigenvalue weighted by molar-refractivity contribution is -0.149. The Hall–Kier alpha value is -1.66. The lowest BCUT2D eigenvalue weighted by Gasteiger charge is -2.42. The smallest absolute Gasteiger partial charge is 0.313 e. The summed E-state index contributed by atoms with van der Waals surface area (Å²) in [5.41, 5.74) is -0.338. The largest absolute Gasteiger partial charge is 0.469 e. The molecule has 2 aliphatic rings. The Morgan fingerprint density at radius 3 is 2.48 bits per heavy atom. The predicted octanol–water partition coefficient (Wildman–Crippen LogP) is 2.30. The Balaban J connectivity index is 2.41. The maximum absolute atomic E-state index is 13.2. The number of fused-ring (bicyclic) bond motifs is 2. The minimum atomic E-state index is -0.445. The molecule has 6 nitrogen and oxygen atoms in total. The zero-order valence-corrected chi connectivity index (χ0v) is 17.4. The molecule has 0 aromatic heterocycles. The van der Waals surface area contributed by atoms with Crippen LogP contribution < -0.4 is 5.32 Å². The zero-order valence-electron chi connectivity index (χ0n) is 17.4. The number of nitrogens with zero attached hydrogens (tertiary/aromatic N) is 1. The van der Waals surface area contributed by atoms with Gasteiger partial charge in [-0.05, 0) is 26.7 Å². The van der Waals surface area contributed by atoms with Crippen molar-refractivity contribution in [3.05, 3.63) is 24.8 Å². The number of esters is 1. The van der Waals surface area contributed by atoms with E-state index < -0.39 is 5.92 Å². The summed E-state index contributed by atoms with van der Waals surface area (Å²) in [6.45, 7) is 14.4. The van der Waals surface area contributed by atoms with Gasteiger partial charge in [0.1, 0.15) is 5.92 Å². The molecule has 152 valence electrons. The van der Waals surface area contributed by atoms with Crippen LogP contribution in [0.5, 0.6) is 0 Å². The summed E-state index contributed by atoms with van der Waals surface area (Å²) in [6.07, 6.45) is 6.00. The van der Waals surface area contributed by atoms with E-state index in [1.807, 2.05) is 32.9 Å². The molecule has 1 unspecified atom stereocenters. The molecule has 1 fully saturated rings. The van der Waals surface area contributed by atoms with Crippen LogP contribution in [0.2, 0.25) is 0 Å². The van der Waals surface area contributed by atoms with Gasteiger partial charge in [0.15, 0.2) is 0 Å². The molecule has 6 heteroatoms. The molecular formula is C21H34N2O4. The van der Waals surface area contributed by atoms with Crippen LogP contribution >= 0.6 is 0 Å². The van der Waals surface area contributed by atoms with Crippen LogP contribution in [0.25, 0.3) is 0 Å². The van der Waals surface area contributed by atoms with Crippen LogP contribution in [-0.4, -0.2) is 60.3 Å². The van der Waals surface area contributed by atoms with E-state index in [4.69, 9.17) is 9.47 Å². The van der Waals surface area contributed by atoms with E-state index in [1.165, 1.54) is 7.11 Å². The average Bonchev–Trinajstić information content (AvgIpc) is 3.19. The lowest BCUT2D eigenvalue weighted by atomic mass is 9.84. The molecule has 0 aromatic rings. The average molecular weight is 379 g/mol. The second kappa shape index (κ2) is 8.57. The van der Waals surface area contributed by atoms with Gasteiger partial charge >= 0.3 is 5.97 Å². The van der Waals surface area contributed by atoms with Crippen molar-refractivity contribution in [2.75, 3.05) is 13.7 Å². The van der Waals surface area contributed by atoms with Crippen LogP contribution in [0.1, 0.15) is 41.0 Å². The number of carbonyl (C=O) groups is 2. The number of hydrogen-bond acceptors (Lipinski definition) is 5. The fourth-order valence-electron chi connectivity index (χ4n) is 4.07. The van der Waals surface area contributed by atoms with E-state index in [0.29, 0.717) is 6.54 Å². The Bertz CT molecular complexity index is 595. The second-order valence-electron chi connectivity index (χ2n) is 8.54. The van der Waals surface area contributed by atoms with E-state index in [2.05, 4.69) is 30.6 Å². The van der Waals surface area contributed by atoms with Crippen LogP contribution in [0, 0.1) is 11.8 Å². The van der Waals surface area contributed by atoms with Gasteiger partial charge in [-0.25, -0.2) is 0 Å². The highest BCUT2D eigenvalue weighted by molar-refractivity contribution is 5.83. The van der Waals surface area contributed by atoms with E-state index in [-0.39, 0.29) is 47.6 Å². The van der Waals surface area contributed by atoms with Crippen molar-refractivity contribution < 1.29 is 19.1 Å². The van der Waals surface area contributed by atoms with Crippen molar-refractivity contribution in [2.45, 2.75) is 70.9 Å². The van der Waals surface area contributed by atoms with Crippen LogP contribution in [-0.2, 0) is 19.1 Å². The van der Waals surface area contributed by atoms with Gasteiger partial charge < -0.3 is 14.8 Å². The molecule has 2 aliphatic heterocycles. The van der Waals surface area contributed by atoms with E-state index >= 15 is 0 Å². The van der Waals surface area contributed by atoms with Crippen molar-refractivity contribution in [1.82, 2.24) is 10.2 Å². The van der Waals surface area contributed by atoms with Gasteiger partial charge in [-0.1, -0.05) is 38.5 Å². The van der Waals surface area contributed by atoms with Crippen LogP contribution in [0.3, 0.4) is 0 Å². The molecule has 27 heavy (non-hydrogen) atoms. The third-order valence-electron chi connectivity index (χ3n) is 5.37. The number of amides is 1. The summed E-state index contributed by atoms with van der Waals surface area (Å²) >= 11 is 0. The highest BCUT2D eigenvalue weighted by Gasteiger charge is 2.54. The molecule has 1 saturated heterocycles. The molecular weight excluding hydrogens is 344 g/mol. The van der Waals surface area contributed by atoms with Crippen molar-refractivity contribution in [1.29, 1.82) is 0 Å². The first-order valence-corrected chi connectivity index (χ1v) is 9.74. The summed E-state index contributed by atoms with van der Waals surface area (Å²) in [7, 11) is 1.39. The maximum atomic E-state index is 13.2. The number of ether oxygens (including phenoxy) is 2. The molecule has 0 spiro atoms. The third kappa shape index (κ3) is 4.61. The van der Waals surface area contributed by atoms with Crippen molar-refractivity contribution in [3.8, 4) is 0 Å². The van der Waals surface area contributed by atoms with Crippen molar-refractivity contribution in [2.24, 2.45) is 11.8 Å². The van der Waals surface area contributed by atoms with E-state index in [9.17, 15) is 9.59 Å². The van der Waals surface area contributed by atoms with Gasteiger partial charge in [0.2, 0.25) is 5.91 Å². The van der Waals surface area contributed by atoms with Crippen LogP contribution in [0.15, 0.2) is 24.8 Å². The SMILES string of the molecule is C=CCN([C@H]1[C@H](C(=O)OC)[C@H]2C=C[C@@H]1O2)[C@@H](C(=O)NC(C)(C)C)C(C)CC. The molecule has 0 aromatic carbocycles. The summed E-state index contributed by atoms with van der Waals surface area (Å²) in [5.74, 6) is -0.674. The molecule has 0 radical (unpaired) electrons. The lowest BCUT2D eigenvalue weighted by Crippen LogP contribution is -2.61. The first kappa shape index (κ1) is 21.6. The van der Waals surface area contributed by atoms with E-state index in [0.717, 1.165) is 6.42 Å². The topological polar surface area (TPSA) is 67.9 Å². The number of carbonyl (C=O) groups excluding carboxylic acids is 2. The van der Waals surface area contributed by atoms with Gasteiger partial charge in [-0.3, -0.25) is 14.5 Å². The molecule has 2 heterocycles. The molecule has 1 amide bonds. The second-order valence-corrected chi connectivity index (χ2v) is 8.54. The Morgan fingerprint density at radius 2 is 1.96 bits per heavy atom. The summed E-state index contributed by atoms with van der Waals surface area (Å²) in [4.78, 5) is 27.8. The highest BCUT2D eigenvalue weighted by atomic mass is 16.5. The third-order valence-corrected chi connectivity index (χ3v) is 5.37. The highest BCUT2D eigenvalue weighted by Crippen LogP contribution is 2.39. The zero-order chi connectivity index (χ0) is 20.4. The predicted molar refractivity (Wildman–Crippen MR) is 105 cm³/mol. The Kier molecular flexibility index (Phi) is 6.87. The number of nitrogens with one attached hydrogen (secondary N) is 1. The monoisotopic (exact) mass is 378 g/mol. The number of rotatable bonds is 8. The van der Waals surface area contributed by atoms with Gasteiger partial charge in [-0.15, -0.1) is 6.58 Å². The van der Waals surface area contributed by atoms with E-state index in [1.54, 1.807) is 6.08 Å². The molecule has 2 bridgehead atoms. The van der Waals surface area contributed by atoms with Crippen LogP contribution in [0.4, 0.5) is 0 Å². The summed E-state index contributed by atoms with van der Waals surface area (Å²) in [6, 6.07) is -0.643. The summed E-state index contributed by atoms with van der Waals surface area (Å²) in [5, 5.41) is 3.11. The fourth-order valence-corrected chi connectivity index (χ4v) is 4.07. The Labute approximate surface area is 163 Å². The minimum Gasteiger partial charge on any atom is -0.469 e. The first-order chi connectivity index (χ1) is 12.6. The Morgan fingerprint density at radius 1 is 1.33 bits per heavy atom. The number of methoxy groups -OCH3 is 1. The van der Waals surface area contributed by atoms with Gasteiger partial charge in [0.25, 0.3) is 0 Å². The molecule has 6 atom stereocenters. The summed E-state index contributed by atoms with van der Waals surface area (Å²) < 4.78 is 11.0. The van der Waals surface area contributed by atoms with Crippen molar-refractivity contribution >= 4 is 11.9 Å². The molecule has 0 saturated carbocycles. The minimum absolute atomic E-state index is 0.0333. The maximum Gasteiger partial charge on any atom is 0.313 e. The van der Waals surface area contributed by atoms with Gasteiger partial charge in [0.05, 0.1) is 31.4 Å². The number of hydrogen-bond donors (Lipinski definition) is 1. The normalized spacial score (nSPS) is 28.9. The molecule has 0 aliphatic carbocycles. The standard InChI is InChI=1S/C21H34N2O4/c1-8-12-23(17(13(3)9-2)19(24)22-21(4,5)6)18-15-11-10-14(27-15)16(18)20(25)26-7/h8,10-11,13-18H,1,9,12H2,2-7H3,(H,22,24)/t13?,14-,15+,16-,17-,18-/m1/s1. The molecule has 1 N–H and O–H groups in total. The quantitative estimate of drug-likeness (QED) is 0.518.